The minimum Gasteiger partial charge on any atom is -0.396 e. The minimum absolute atomic E-state index is 0.343. The highest BCUT2D eigenvalue weighted by Crippen LogP contribution is 2.30. The van der Waals surface area contributed by atoms with Gasteiger partial charge in [0, 0.05) is 20.3 Å². The van der Waals surface area contributed by atoms with Crippen molar-refractivity contribution in [3.8, 4) is 0 Å². The van der Waals surface area contributed by atoms with Crippen molar-refractivity contribution < 1.29 is 9.84 Å². The van der Waals surface area contributed by atoms with Crippen LogP contribution in [-0.4, -0.2) is 25.4 Å². The second-order valence-corrected chi connectivity index (χ2v) is 5.52. The van der Waals surface area contributed by atoms with E-state index >= 15 is 0 Å². The molecule has 0 bridgehead atoms. The van der Waals surface area contributed by atoms with E-state index in [1.54, 1.807) is 7.11 Å². The molecule has 2 atom stereocenters. The molecule has 19 heavy (non-hydrogen) atoms. The zero-order chi connectivity index (χ0) is 13.5. The fraction of sp³-hybridized carbons (Fsp3) is 0.625. The molecule has 2 unspecified atom stereocenters. The largest absolute Gasteiger partial charge is 0.396 e. The summed E-state index contributed by atoms with van der Waals surface area (Å²) in [6.45, 7) is 2.92. The molecule has 0 radical (unpaired) electrons. The Kier molecular flexibility index (Phi) is 5.83. The molecule has 0 heterocycles. The van der Waals surface area contributed by atoms with Crippen molar-refractivity contribution in [3.05, 3.63) is 35.4 Å². The summed E-state index contributed by atoms with van der Waals surface area (Å²) in [4.78, 5) is 0. The van der Waals surface area contributed by atoms with Crippen molar-refractivity contribution in [2.75, 3.05) is 20.3 Å². The number of aliphatic hydroxyl groups is 1. The van der Waals surface area contributed by atoms with Crippen LogP contribution >= 0.6 is 0 Å². The smallest absolute Gasteiger partial charge is 0.0713 e. The Hall–Kier alpha value is -0.900. The SMILES string of the molecule is COCc1cccc(CNCC2CCCC2CO)c1. The number of nitrogens with one attached hydrogen (secondary N) is 1. The summed E-state index contributed by atoms with van der Waals surface area (Å²) in [6.07, 6.45) is 3.70. The maximum atomic E-state index is 9.31. The Morgan fingerprint density at radius 1 is 1.26 bits per heavy atom. The van der Waals surface area contributed by atoms with Crippen LogP contribution in [0.1, 0.15) is 30.4 Å². The monoisotopic (exact) mass is 263 g/mol. The van der Waals surface area contributed by atoms with Gasteiger partial charge in [-0.25, -0.2) is 0 Å². The van der Waals surface area contributed by atoms with E-state index < -0.39 is 0 Å². The first-order chi connectivity index (χ1) is 9.33. The maximum absolute atomic E-state index is 9.31. The number of hydrogen-bond donors (Lipinski definition) is 2. The van der Waals surface area contributed by atoms with E-state index in [0.717, 1.165) is 13.1 Å². The van der Waals surface area contributed by atoms with Gasteiger partial charge in [0.05, 0.1) is 6.61 Å². The lowest BCUT2D eigenvalue weighted by atomic mass is 9.97. The van der Waals surface area contributed by atoms with Crippen molar-refractivity contribution in [2.24, 2.45) is 11.8 Å². The molecule has 2 N–H and O–H groups in total. The number of methoxy groups -OCH3 is 1. The van der Waals surface area contributed by atoms with Crippen LogP contribution in [0.25, 0.3) is 0 Å². The Morgan fingerprint density at radius 2 is 2.05 bits per heavy atom. The number of aliphatic hydroxyl groups excluding tert-OH is 1. The van der Waals surface area contributed by atoms with E-state index in [0.29, 0.717) is 25.0 Å². The summed E-state index contributed by atoms with van der Waals surface area (Å²) in [6, 6.07) is 8.50. The van der Waals surface area contributed by atoms with Gasteiger partial charge in [0.1, 0.15) is 0 Å². The maximum Gasteiger partial charge on any atom is 0.0713 e. The summed E-state index contributed by atoms with van der Waals surface area (Å²) >= 11 is 0. The lowest BCUT2D eigenvalue weighted by Gasteiger charge is -2.18. The first-order valence-electron chi connectivity index (χ1n) is 7.22. The van der Waals surface area contributed by atoms with E-state index in [9.17, 15) is 5.11 Å². The van der Waals surface area contributed by atoms with Gasteiger partial charge in [0.2, 0.25) is 0 Å². The topological polar surface area (TPSA) is 41.5 Å². The molecule has 3 heteroatoms. The molecule has 0 aromatic heterocycles. The van der Waals surface area contributed by atoms with E-state index in [2.05, 4.69) is 29.6 Å². The average Bonchev–Trinajstić information content (AvgIpc) is 2.87. The van der Waals surface area contributed by atoms with Gasteiger partial charge in [0.25, 0.3) is 0 Å². The lowest BCUT2D eigenvalue weighted by Crippen LogP contribution is -2.26. The molecular formula is C16H25NO2. The predicted octanol–water partition coefficient (Wildman–Crippen LogP) is 2.33. The second kappa shape index (κ2) is 7.63. The van der Waals surface area contributed by atoms with Crippen molar-refractivity contribution in [3.63, 3.8) is 0 Å². The third-order valence-electron chi connectivity index (χ3n) is 4.09. The Bertz CT molecular complexity index is 381. The predicted molar refractivity (Wildman–Crippen MR) is 76.8 cm³/mol. The van der Waals surface area contributed by atoms with Gasteiger partial charge in [-0.15, -0.1) is 0 Å². The fourth-order valence-corrected chi connectivity index (χ4v) is 3.02. The van der Waals surface area contributed by atoms with Gasteiger partial charge in [0.15, 0.2) is 0 Å². The molecular weight excluding hydrogens is 238 g/mol. The van der Waals surface area contributed by atoms with Gasteiger partial charge >= 0.3 is 0 Å². The van der Waals surface area contributed by atoms with Crippen LogP contribution in [0.15, 0.2) is 24.3 Å². The zero-order valence-electron chi connectivity index (χ0n) is 11.8. The molecule has 106 valence electrons. The Morgan fingerprint density at radius 3 is 2.84 bits per heavy atom. The summed E-state index contributed by atoms with van der Waals surface area (Å²) in [7, 11) is 1.72. The van der Waals surface area contributed by atoms with Gasteiger partial charge in [-0.1, -0.05) is 30.7 Å². The van der Waals surface area contributed by atoms with Crippen LogP contribution in [0.2, 0.25) is 0 Å². The normalized spacial score (nSPS) is 22.8. The van der Waals surface area contributed by atoms with Crippen LogP contribution in [0, 0.1) is 11.8 Å². The van der Waals surface area contributed by atoms with Crippen LogP contribution in [-0.2, 0) is 17.9 Å². The summed E-state index contributed by atoms with van der Waals surface area (Å²) in [5, 5.41) is 12.8. The van der Waals surface area contributed by atoms with Crippen LogP contribution in [0.3, 0.4) is 0 Å². The zero-order valence-corrected chi connectivity index (χ0v) is 11.8. The molecule has 2 rings (SSSR count). The molecule has 1 saturated carbocycles. The van der Waals surface area contributed by atoms with Crippen LogP contribution < -0.4 is 5.32 Å². The number of hydrogen-bond acceptors (Lipinski definition) is 3. The van der Waals surface area contributed by atoms with Crippen LogP contribution in [0.5, 0.6) is 0 Å². The minimum atomic E-state index is 0.343. The third-order valence-corrected chi connectivity index (χ3v) is 4.09. The molecule has 3 nitrogen and oxygen atoms in total. The van der Waals surface area contributed by atoms with Gasteiger partial charge < -0.3 is 15.2 Å². The quantitative estimate of drug-likeness (QED) is 0.793. The molecule has 0 aliphatic heterocycles. The van der Waals surface area contributed by atoms with Crippen LogP contribution in [0.4, 0.5) is 0 Å². The average molecular weight is 263 g/mol. The third kappa shape index (κ3) is 4.30. The number of ether oxygens (including phenoxy) is 1. The molecule has 1 aromatic carbocycles. The van der Waals surface area contributed by atoms with E-state index in [-0.39, 0.29) is 0 Å². The van der Waals surface area contributed by atoms with Gasteiger partial charge in [-0.2, -0.15) is 0 Å². The number of benzene rings is 1. The Balaban J connectivity index is 1.77. The van der Waals surface area contributed by atoms with Crippen molar-refractivity contribution >= 4 is 0 Å². The fourth-order valence-electron chi connectivity index (χ4n) is 3.02. The highest BCUT2D eigenvalue weighted by Gasteiger charge is 2.25. The summed E-state index contributed by atoms with van der Waals surface area (Å²) in [5.74, 6) is 1.15. The van der Waals surface area contributed by atoms with E-state index in [4.69, 9.17) is 4.74 Å². The van der Waals surface area contributed by atoms with Crippen molar-refractivity contribution in [1.29, 1.82) is 0 Å². The summed E-state index contributed by atoms with van der Waals surface area (Å²) in [5.41, 5.74) is 2.52. The van der Waals surface area contributed by atoms with Crippen molar-refractivity contribution in [2.45, 2.75) is 32.4 Å². The highest BCUT2D eigenvalue weighted by atomic mass is 16.5. The molecule has 0 amide bonds. The summed E-state index contributed by atoms with van der Waals surface area (Å²) < 4.78 is 5.15. The lowest BCUT2D eigenvalue weighted by molar-refractivity contribution is 0.185. The first-order valence-corrected chi connectivity index (χ1v) is 7.22. The van der Waals surface area contributed by atoms with E-state index in [1.165, 1.54) is 30.4 Å². The first kappa shape index (κ1) is 14.5. The molecule has 1 aliphatic rings. The molecule has 1 aliphatic carbocycles. The Labute approximate surface area is 116 Å². The van der Waals surface area contributed by atoms with Gasteiger partial charge in [-0.05, 0) is 42.3 Å². The van der Waals surface area contributed by atoms with E-state index in [1.807, 2.05) is 0 Å². The van der Waals surface area contributed by atoms with Crippen molar-refractivity contribution in [1.82, 2.24) is 5.32 Å². The molecule has 0 spiro atoms. The molecule has 1 fully saturated rings. The number of rotatable bonds is 7. The molecule has 1 aromatic rings. The second-order valence-electron chi connectivity index (χ2n) is 5.52. The van der Waals surface area contributed by atoms with Gasteiger partial charge in [-0.3, -0.25) is 0 Å². The molecule has 0 saturated heterocycles. The highest BCUT2D eigenvalue weighted by molar-refractivity contribution is 5.22. The standard InChI is InChI=1S/C16H25NO2/c1-19-12-14-5-2-4-13(8-14)9-17-10-15-6-3-7-16(15)11-18/h2,4-5,8,15-18H,3,6-7,9-12H2,1H3.